The van der Waals surface area contributed by atoms with E-state index < -0.39 is 8.07 Å². The van der Waals surface area contributed by atoms with Crippen LogP contribution in [-0.2, 0) is 4.43 Å². The van der Waals surface area contributed by atoms with Gasteiger partial charge < -0.3 is 4.43 Å². The van der Waals surface area contributed by atoms with E-state index in [1.54, 1.807) is 5.57 Å². The van der Waals surface area contributed by atoms with Crippen LogP contribution in [0.5, 0.6) is 0 Å². The average molecular weight is 281 g/mol. The van der Waals surface area contributed by atoms with E-state index in [-0.39, 0.29) is 0 Å². The Hall–Kier alpha value is -0.126. The molecular weight excluding hydrogens is 252 g/mol. The van der Waals surface area contributed by atoms with Gasteiger partial charge in [-0.15, -0.1) is 0 Å². The van der Waals surface area contributed by atoms with Gasteiger partial charge in [-0.1, -0.05) is 50.8 Å². The van der Waals surface area contributed by atoms with Gasteiger partial charge in [0.05, 0.1) is 6.61 Å². The number of hydrogen-bond acceptors (Lipinski definition) is 1. The predicted octanol–water partition coefficient (Wildman–Crippen LogP) is 3.01. The molecule has 0 saturated heterocycles. The molecule has 0 aromatic rings. The molecule has 0 amide bonds. The zero-order valence-electron chi connectivity index (χ0n) is 12.6. The van der Waals surface area contributed by atoms with Gasteiger partial charge in [0.15, 0.2) is 0 Å². The topological polar surface area (TPSA) is 9.23 Å². The Balaban J connectivity index is 2.18. The SMILES string of the molecule is CC1CC(C[Si](C)(C)C)C2C(CO[SiH3])=CC=CC12. The highest BCUT2D eigenvalue weighted by molar-refractivity contribution is 6.76. The summed E-state index contributed by atoms with van der Waals surface area (Å²) < 4.78 is 5.55. The minimum atomic E-state index is -0.964. The summed E-state index contributed by atoms with van der Waals surface area (Å²) in [6.45, 7) is 10.9. The molecule has 0 N–H and O–H groups in total. The van der Waals surface area contributed by atoms with E-state index in [0.717, 1.165) is 40.8 Å². The largest absolute Gasteiger partial charge is 0.424 e. The van der Waals surface area contributed by atoms with Crippen LogP contribution in [0.4, 0.5) is 0 Å². The molecule has 0 heterocycles. The monoisotopic (exact) mass is 280 g/mol. The van der Waals surface area contributed by atoms with Crippen LogP contribution in [0.25, 0.3) is 0 Å². The minimum absolute atomic E-state index is 0.781. The van der Waals surface area contributed by atoms with Crippen LogP contribution in [0.15, 0.2) is 23.8 Å². The zero-order valence-corrected chi connectivity index (χ0v) is 15.6. The Bertz CT molecular complexity index is 354. The highest BCUT2D eigenvalue weighted by atomic mass is 28.3. The van der Waals surface area contributed by atoms with Crippen molar-refractivity contribution < 1.29 is 4.43 Å². The summed E-state index contributed by atoms with van der Waals surface area (Å²) >= 11 is 0. The summed E-state index contributed by atoms with van der Waals surface area (Å²) in [5, 5.41) is 0. The molecule has 0 bridgehead atoms. The molecule has 1 saturated carbocycles. The lowest BCUT2D eigenvalue weighted by Gasteiger charge is -2.32. The van der Waals surface area contributed by atoms with E-state index in [2.05, 4.69) is 44.8 Å². The highest BCUT2D eigenvalue weighted by Crippen LogP contribution is 2.50. The van der Waals surface area contributed by atoms with Crippen LogP contribution in [0, 0.1) is 23.7 Å². The summed E-state index contributed by atoms with van der Waals surface area (Å²) in [6, 6.07) is 1.48. The van der Waals surface area contributed by atoms with Gasteiger partial charge in [-0.05, 0) is 35.7 Å². The first-order valence-electron chi connectivity index (χ1n) is 7.28. The predicted molar refractivity (Wildman–Crippen MR) is 85.5 cm³/mol. The standard InChI is InChI=1S/C15H28OSi2/c1-11-8-13(10-18(2,3)4)15-12(9-16-17)6-5-7-14(11)15/h5-7,11,13-15H,8-10H2,1-4,17H3. The third kappa shape index (κ3) is 3.06. The molecular formula is C15H28OSi2. The molecule has 0 spiro atoms. The van der Waals surface area contributed by atoms with E-state index >= 15 is 0 Å². The first-order chi connectivity index (χ1) is 8.42. The average Bonchev–Trinajstić information content (AvgIpc) is 2.55. The molecule has 1 nitrogen and oxygen atoms in total. The van der Waals surface area contributed by atoms with E-state index in [0.29, 0.717) is 0 Å². The maximum Gasteiger partial charge on any atom is 0.146 e. The quantitative estimate of drug-likeness (QED) is 0.719. The van der Waals surface area contributed by atoms with Gasteiger partial charge >= 0.3 is 0 Å². The molecule has 1 fully saturated rings. The fourth-order valence-corrected chi connectivity index (χ4v) is 6.36. The van der Waals surface area contributed by atoms with Crippen LogP contribution < -0.4 is 0 Å². The zero-order chi connectivity index (χ0) is 13.3. The molecule has 0 aromatic heterocycles. The van der Waals surface area contributed by atoms with E-state index in [4.69, 9.17) is 4.43 Å². The Labute approximate surface area is 116 Å². The summed E-state index contributed by atoms with van der Waals surface area (Å²) in [4.78, 5) is 0. The van der Waals surface area contributed by atoms with Crippen molar-refractivity contribution in [3.63, 3.8) is 0 Å². The highest BCUT2D eigenvalue weighted by Gasteiger charge is 2.43. The fraction of sp³-hybridized carbons (Fsp3) is 0.733. The van der Waals surface area contributed by atoms with Gasteiger partial charge in [0.1, 0.15) is 10.5 Å². The number of hydrogen-bond donors (Lipinski definition) is 0. The second kappa shape index (κ2) is 5.47. The van der Waals surface area contributed by atoms with Crippen LogP contribution in [0.1, 0.15) is 13.3 Å². The fourth-order valence-electron chi connectivity index (χ4n) is 4.04. The molecule has 0 aromatic carbocycles. The van der Waals surface area contributed by atoms with Crippen molar-refractivity contribution in [1.29, 1.82) is 0 Å². The molecule has 2 aliphatic rings. The van der Waals surface area contributed by atoms with E-state index in [9.17, 15) is 0 Å². The third-order valence-electron chi connectivity index (χ3n) is 4.51. The first kappa shape index (κ1) is 14.3. The molecule has 3 heteroatoms. The lowest BCUT2D eigenvalue weighted by molar-refractivity contribution is 0.322. The smallest absolute Gasteiger partial charge is 0.146 e. The maximum atomic E-state index is 5.55. The third-order valence-corrected chi connectivity index (χ3v) is 6.55. The molecule has 18 heavy (non-hydrogen) atoms. The molecule has 0 aliphatic heterocycles. The number of allylic oxidation sites excluding steroid dienone is 3. The molecule has 4 unspecified atom stereocenters. The van der Waals surface area contributed by atoms with Crippen molar-refractivity contribution in [2.75, 3.05) is 6.61 Å². The molecule has 4 atom stereocenters. The Morgan fingerprint density at radius 1 is 1.39 bits per heavy atom. The van der Waals surface area contributed by atoms with E-state index in [1.807, 2.05) is 0 Å². The van der Waals surface area contributed by atoms with Crippen molar-refractivity contribution in [1.82, 2.24) is 0 Å². The Morgan fingerprint density at radius 3 is 2.72 bits per heavy atom. The van der Waals surface area contributed by atoms with Gasteiger partial charge in [-0.2, -0.15) is 0 Å². The van der Waals surface area contributed by atoms with Crippen LogP contribution in [-0.4, -0.2) is 25.2 Å². The summed E-state index contributed by atoms with van der Waals surface area (Å²) in [5.41, 5.74) is 1.57. The van der Waals surface area contributed by atoms with Crippen LogP contribution in [0.3, 0.4) is 0 Å². The Kier molecular flexibility index (Phi) is 4.34. The van der Waals surface area contributed by atoms with Crippen molar-refractivity contribution in [3.05, 3.63) is 23.8 Å². The van der Waals surface area contributed by atoms with Gasteiger partial charge in [-0.3, -0.25) is 0 Å². The molecule has 2 rings (SSSR count). The summed E-state index contributed by atoms with van der Waals surface area (Å²) in [7, 11) is -0.110. The van der Waals surface area contributed by atoms with Gasteiger partial charge in [0.25, 0.3) is 0 Å². The second-order valence-electron chi connectivity index (χ2n) is 7.40. The minimum Gasteiger partial charge on any atom is -0.424 e. The van der Waals surface area contributed by atoms with E-state index in [1.165, 1.54) is 12.5 Å². The number of rotatable bonds is 4. The molecule has 0 radical (unpaired) electrons. The summed E-state index contributed by atoms with van der Waals surface area (Å²) in [5.74, 6) is 3.32. The lowest BCUT2D eigenvalue weighted by Crippen LogP contribution is -2.29. The van der Waals surface area contributed by atoms with Gasteiger partial charge in [0, 0.05) is 8.07 Å². The molecule has 2 aliphatic carbocycles. The van der Waals surface area contributed by atoms with Crippen molar-refractivity contribution in [3.8, 4) is 0 Å². The van der Waals surface area contributed by atoms with Gasteiger partial charge in [-0.25, -0.2) is 0 Å². The van der Waals surface area contributed by atoms with Crippen molar-refractivity contribution >= 4 is 18.6 Å². The Morgan fingerprint density at radius 2 is 2.11 bits per heavy atom. The first-order valence-corrected chi connectivity index (χ1v) is 11.8. The maximum absolute atomic E-state index is 5.55. The second-order valence-corrected chi connectivity index (χ2v) is 13.5. The van der Waals surface area contributed by atoms with Crippen molar-refractivity contribution in [2.45, 2.75) is 39.0 Å². The van der Waals surface area contributed by atoms with Gasteiger partial charge in [0.2, 0.25) is 0 Å². The van der Waals surface area contributed by atoms with Crippen LogP contribution in [0.2, 0.25) is 25.7 Å². The summed E-state index contributed by atoms with van der Waals surface area (Å²) in [6.07, 6.45) is 8.47. The van der Waals surface area contributed by atoms with Crippen LogP contribution >= 0.6 is 0 Å². The number of fused-ring (bicyclic) bond motifs is 1. The molecule has 102 valence electrons. The normalized spacial score (nSPS) is 35.7. The lowest BCUT2D eigenvalue weighted by atomic mass is 9.79. The van der Waals surface area contributed by atoms with Crippen molar-refractivity contribution in [2.24, 2.45) is 23.7 Å².